The highest BCUT2D eigenvalue weighted by Gasteiger charge is 2.29. The van der Waals surface area contributed by atoms with Crippen molar-refractivity contribution in [2.24, 2.45) is 5.92 Å². The first kappa shape index (κ1) is 17.4. The first-order valence-electron chi connectivity index (χ1n) is 8.05. The van der Waals surface area contributed by atoms with E-state index < -0.39 is 0 Å². The van der Waals surface area contributed by atoms with Crippen LogP contribution < -0.4 is 0 Å². The van der Waals surface area contributed by atoms with Gasteiger partial charge in [0.2, 0.25) is 0 Å². The molecule has 0 spiro atoms. The summed E-state index contributed by atoms with van der Waals surface area (Å²) >= 11 is 0. The third-order valence-electron chi connectivity index (χ3n) is 3.75. The van der Waals surface area contributed by atoms with Crippen molar-refractivity contribution in [3.63, 3.8) is 0 Å². The maximum Gasteiger partial charge on any atom is 0.310 e. The Labute approximate surface area is 136 Å². The SMILES string of the molecule is CC(C)OCCOC(=O)[C@H]1CCCN(C(=O)c2ccncc2)C1. The second-order valence-corrected chi connectivity index (χ2v) is 5.91. The number of amides is 1. The second-order valence-electron chi connectivity index (χ2n) is 5.91. The number of aromatic nitrogens is 1. The van der Waals surface area contributed by atoms with E-state index in [1.807, 2.05) is 13.8 Å². The van der Waals surface area contributed by atoms with Crippen LogP contribution in [0.15, 0.2) is 24.5 Å². The van der Waals surface area contributed by atoms with E-state index in [0.717, 1.165) is 12.8 Å². The lowest BCUT2D eigenvalue weighted by molar-refractivity contribution is -0.152. The summed E-state index contributed by atoms with van der Waals surface area (Å²) in [5.74, 6) is -0.564. The van der Waals surface area contributed by atoms with Crippen LogP contribution in [0.5, 0.6) is 0 Å². The van der Waals surface area contributed by atoms with E-state index in [9.17, 15) is 9.59 Å². The van der Waals surface area contributed by atoms with Crippen LogP contribution >= 0.6 is 0 Å². The smallest absolute Gasteiger partial charge is 0.310 e. The minimum Gasteiger partial charge on any atom is -0.463 e. The molecule has 126 valence electrons. The van der Waals surface area contributed by atoms with E-state index in [1.165, 1.54) is 0 Å². The van der Waals surface area contributed by atoms with Crippen LogP contribution in [-0.2, 0) is 14.3 Å². The molecule has 0 aromatic carbocycles. The topological polar surface area (TPSA) is 68.7 Å². The van der Waals surface area contributed by atoms with Crippen LogP contribution in [0.1, 0.15) is 37.0 Å². The van der Waals surface area contributed by atoms with Gasteiger partial charge in [0.1, 0.15) is 6.61 Å². The van der Waals surface area contributed by atoms with Gasteiger partial charge in [-0.25, -0.2) is 0 Å². The third kappa shape index (κ3) is 5.32. The fourth-order valence-electron chi connectivity index (χ4n) is 2.57. The number of hydrogen-bond donors (Lipinski definition) is 0. The van der Waals surface area contributed by atoms with Gasteiger partial charge in [-0.15, -0.1) is 0 Å². The summed E-state index contributed by atoms with van der Waals surface area (Å²) in [6, 6.07) is 3.38. The molecule has 0 bridgehead atoms. The lowest BCUT2D eigenvalue weighted by Gasteiger charge is -2.31. The average Bonchev–Trinajstić information content (AvgIpc) is 2.58. The molecule has 1 aromatic rings. The van der Waals surface area contributed by atoms with Crippen molar-refractivity contribution in [1.82, 2.24) is 9.88 Å². The van der Waals surface area contributed by atoms with Gasteiger partial charge in [-0.3, -0.25) is 14.6 Å². The molecule has 1 fully saturated rings. The zero-order chi connectivity index (χ0) is 16.7. The minimum absolute atomic E-state index is 0.0620. The van der Waals surface area contributed by atoms with Crippen molar-refractivity contribution in [2.45, 2.75) is 32.8 Å². The lowest BCUT2D eigenvalue weighted by atomic mass is 9.97. The maximum atomic E-state index is 12.4. The third-order valence-corrected chi connectivity index (χ3v) is 3.75. The van der Waals surface area contributed by atoms with E-state index in [1.54, 1.807) is 29.4 Å². The molecule has 1 aliphatic rings. The molecule has 0 radical (unpaired) electrons. The Bertz CT molecular complexity index is 519. The fourth-order valence-corrected chi connectivity index (χ4v) is 2.57. The van der Waals surface area contributed by atoms with Crippen molar-refractivity contribution in [3.8, 4) is 0 Å². The molecule has 2 rings (SSSR count). The summed E-state index contributed by atoms with van der Waals surface area (Å²) in [6.45, 7) is 5.60. The molecule has 1 saturated heterocycles. The fraction of sp³-hybridized carbons (Fsp3) is 0.588. The zero-order valence-electron chi connectivity index (χ0n) is 13.7. The summed E-state index contributed by atoms with van der Waals surface area (Å²) in [5, 5.41) is 0. The van der Waals surface area contributed by atoms with Crippen molar-refractivity contribution >= 4 is 11.9 Å². The molecule has 0 aliphatic carbocycles. The highest BCUT2D eigenvalue weighted by molar-refractivity contribution is 5.94. The summed E-state index contributed by atoms with van der Waals surface area (Å²) in [6.07, 6.45) is 4.87. The van der Waals surface area contributed by atoms with Gasteiger partial charge in [-0.05, 0) is 38.8 Å². The van der Waals surface area contributed by atoms with Crippen LogP contribution in [0.3, 0.4) is 0 Å². The molecule has 0 N–H and O–H groups in total. The van der Waals surface area contributed by atoms with Crippen LogP contribution in [0.2, 0.25) is 0 Å². The van der Waals surface area contributed by atoms with Gasteiger partial charge >= 0.3 is 5.97 Å². The Balaban J connectivity index is 1.83. The van der Waals surface area contributed by atoms with Gasteiger partial charge in [-0.2, -0.15) is 0 Å². The van der Waals surface area contributed by atoms with Crippen molar-refractivity contribution in [1.29, 1.82) is 0 Å². The molecular formula is C17H24N2O4. The van der Waals surface area contributed by atoms with Crippen LogP contribution in [0, 0.1) is 5.92 Å². The van der Waals surface area contributed by atoms with Gasteiger partial charge < -0.3 is 14.4 Å². The van der Waals surface area contributed by atoms with E-state index in [4.69, 9.17) is 9.47 Å². The maximum absolute atomic E-state index is 12.4. The van der Waals surface area contributed by atoms with Gasteiger partial charge in [0.15, 0.2) is 0 Å². The first-order chi connectivity index (χ1) is 11.1. The average molecular weight is 320 g/mol. The first-order valence-corrected chi connectivity index (χ1v) is 8.05. The van der Waals surface area contributed by atoms with Crippen molar-refractivity contribution in [3.05, 3.63) is 30.1 Å². The molecule has 1 aliphatic heterocycles. The number of ether oxygens (including phenoxy) is 2. The Morgan fingerprint density at radius 2 is 2.04 bits per heavy atom. The predicted octanol–water partition coefficient (Wildman–Crippen LogP) is 1.90. The van der Waals surface area contributed by atoms with Gasteiger partial charge in [-0.1, -0.05) is 0 Å². The summed E-state index contributed by atoms with van der Waals surface area (Å²) in [4.78, 5) is 30.2. The monoisotopic (exact) mass is 320 g/mol. The highest BCUT2D eigenvalue weighted by atomic mass is 16.6. The number of rotatable bonds is 6. The number of pyridine rings is 1. The summed E-state index contributed by atoms with van der Waals surface area (Å²) in [7, 11) is 0. The normalized spacial score (nSPS) is 18.0. The molecule has 6 heteroatoms. The highest BCUT2D eigenvalue weighted by Crippen LogP contribution is 2.19. The van der Waals surface area contributed by atoms with Crippen LogP contribution in [0.25, 0.3) is 0 Å². The largest absolute Gasteiger partial charge is 0.463 e. The van der Waals surface area contributed by atoms with E-state index in [0.29, 0.717) is 25.3 Å². The zero-order valence-corrected chi connectivity index (χ0v) is 13.7. The standard InChI is InChI=1S/C17H24N2O4/c1-13(2)22-10-11-23-17(21)15-4-3-9-19(12-15)16(20)14-5-7-18-8-6-14/h5-8,13,15H,3-4,9-12H2,1-2H3/t15-/m0/s1. The molecule has 0 saturated carbocycles. The lowest BCUT2D eigenvalue weighted by Crippen LogP contribution is -2.43. The van der Waals surface area contributed by atoms with Crippen molar-refractivity contribution < 1.29 is 19.1 Å². The minimum atomic E-state index is -0.256. The summed E-state index contributed by atoms with van der Waals surface area (Å²) in [5.41, 5.74) is 0.597. The Morgan fingerprint density at radius 3 is 2.74 bits per heavy atom. The predicted molar refractivity (Wildman–Crippen MR) is 84.9 cm³/mol. The molecule has 0 unspecified atom stereocenters. The van der Waals surface area contributed by atoms with Crippen molar-refractivity contribution in [2.75, 3.05) is 26.3 Å². The molecule has 1 amide bonds. The van der Waals surface area contributed by atoms with Crippen LogP contribution in [0.4, 0.5) is 0 Å². The molecular weight excluding hydrogens is 296 g/mol. The number of hydrogen-bond acceptors (Lipinski definition) is 5. The molecule has 1 atom stereocenters. The van der Waals surface area contributed by atoms with Gasteiger partial charge in [0.25, 0.3) is 5.91 Å². The molecule has 23 heavy (non-hydrogen) atoms. The summed E-state index contributed by atoms with van der Waals surface area (Å²) < 4.78 is 10.6. The Hall–Kier alpha value is -1.95. The second kappa shape index (κ2) is 8.62. The number of likely N-dealkylation sites (tertiary alicyclic amines) is 1. The van der Waals surface area contributed by atoms with E-state index >= 15 is 0 Å². The Kier molecular flexibility index (Phi) is 6.52. The molecule has 2 heterocycles. The number of nitrogens with zero attached hydrogens (tertiary/aromatic N) is 2. The number of carbonyl (C=O) groups is 2. The van der Waals surface area contributed by atoms with E-state index in [-0.39, 0.29) is 30.5 Å². The van der Waals surface area contributed by atoms with Gasteiger partial charge in [0, 0.05) is 31.0 Å². The number of carbonyl (C=O) groups excluding carboxylic acids is 2. The Morgan fingerprint density at radius 1 is 1.30 bits per heavy atom. The number of esters is 1. The van der Waals surface area contributed by atoms with E-state index in [2.05, 4.69) is 4.98 Å². The van der Waals surface area contributed by atoms with Crippen LogP contribution in [-0.4, -0.2) is 54.2 Å². The quantitative estimate of drug-likeness (QED) is 0.591. The molecule has 1 aromatic heterocycles. The van der Waals surface area contributed by atoms with Gasteiger partial charge in [0.05, 0.1) is 18.6 Å². The number of piperidine rings is 1. The molecule has 6 nitrogen and oxygen atoms in total.